The quantitative estimate of drug-likeness (QED) is 0.220. The number of para-hydroxylation sites is 1. The molecule has 0 unspecified atom stereocenters. The molecule has 0 aliphatic rings. The highest BCUT2D eigenvalue weighted by Crippen LogP contribution is 2.28. The molecule has 0 radical (unpaired) electrons. The fourth-order valence-electron chi connectivity index (χ4n) is 4.30. The number of nitrogens with one attached hydrogen (secondary N) is 1. The molecule has 0 saturated carbocycles. The summed E-state index contributed by atoms with van der Waals surface area (Å²) in [5.74, 6) is -0.587. The maximum absolute atomic E-state index is 13.0. The van der Waals surface area contributed by atoms with Gasteiger partial charge in [-0.25, -0.2) is 14.8 Å². The zero-order valence-electron chi connectivity index (χ0n) is 24.3. The van der Waals surface area contributed by atoms with E-state index < -0.39 is 11.9 Å². The van der Waals surface area contributed by atoms with E-state index in [0.717, 1.165) is 33.6 Å². The lowest BCUT2D eigenvalue weighted by molar-refractivity contribution is -0.122. The average Bonchev–Trinajstić information content (AvgIpc) is 2.99. The van der Waals surface area contributed by atoms with E-state index in [-0.39, 0.29) is 24.8 Å². The minimum atomic E-state index is -0.508. The fraction of sp³-hybridized carbons (Fsp3) is 0.250. The summed E-state index contributed by atoms with van der Waals surface area (Å²) < 4.78 is 11.1. The maximum atomic E-state index is 13.0. The van der Waals surface area contributed by atoms with Gasteiger partial charge in [-0.05, 0) is 80.3 Å². The van der Waals surface area contributed by atoms with Crippen LogP contribution in [0.3, 0.4) is 0 Å². The Bertz CT molecular complexity index is 1650. The standard InChI is InChI=1S/C32H33N5O5/c1-6-41-32(40)26-13-11-23(17-34-26)12-15-29(38)35-18-30(39)37(5)27-14-10-20(2)24(22(27)4)19-42-28-9-7-8-25-31(28)36-21(3)16-33-25/h7-17H,6,18-19H2,1-5H3,(H,35,38)/b15-12+. The number of carbonyl (C=O) groups is 3. The van der Waals surface area contributed by atoms with Crippen molar-refractivity contribution in [1.29, 1.82) is 0 Å². The predicted octanol–water partition coefficient (Wildman–Crippen LogP) is 4.50. The van der Waals surface area contributed by atoms with Crippen molar-refractivity contribution in [3.63, 3.8) is 0 Å². The van der Waals surface area contributed by atoms with E-state index in [1.54, 1.807) is 32.3 Å². The van der Waals surface area contributed by atoms with Gasteiger partial charge in [-0.2, -0.15) is 0 Å². The van der Waals surface area contributed by atoms with E-state index in [2.05, 4.69) is 20.3 Å². The molecule has 4 aromatic rings. The summed E-state index contributed by atoms with van der Waals surface area (Å²) in [4.78, 5) is 51.6. The normalized spacial score (nSPS) is 11.0. The minimum Gasteiger partial charge on any atom is -0.487 e. The molecule has 10 heteroatoms. The average molecular weight is 568 g/mol. The van der Waals surface area contributed by atoms with Crippen LogP contribution in [0, 0.1) is 20.8 Å². The molecule has 0 saturated heterocycles. The van der Waals surface area contributed by atoms with Crippen LogP contribution >= 0.6 is 0 Å². The number of aromatic nitrogens is 3. The molecule has 216 valence electrons. The Labute approximate surface area is 244 Å². The van der Waals surface area contributed by atoms with E-state index in [0.29, 0.717) is 23.4 Å². The number of pyridine rings is 1. The van der Waals surface area contributed by atoms with Gasteiger partial charge >= 0.3 is 5.97 Å². The predicted molar refractivity (Wildman–Crippen MR) is 160 cm³/mol. The number of nitrogens with zero attached hydrogens (tertiary/aromatic N) is 4. The van der Waals surface area contributed by atoms with Crippen molar-refractivity contribution in [3.8, 4) is 5.75 Å². The third kappa shape index (κ3) is 7.14. The van der Waals surface area contributed by atoms with Gasteiger partial charge in [0.1, 0.15) is 23.6 Å². The molecule has 42 heavy (non-hydrogen) atoms. The molecule has 0 bridgehead atoms. The number of aryl methyl sites for hydroxylation is 2. The number of likely N-dealkylation sites (N-methyl/N-ethyl adjacent to an activating group) is 1. The van der Waals surface area contributed by atoms with Crippen LogP contribution < -0.4 is 15.0 Å². The van der Waals surface area contributed by atoms with Crippen molar-refractivity contribution in [3.05, 3.63) is 94.6 Å². The SMILES string of the molecule is CCOC(=O)c1ccc(/C=C/C(=O)NCC(=O)N(C)c2ccc(C)c(COc3cccc4ncc(C)nc34)c2C)cn1. The van der Waals surface area contributed by atoms with Gasteiger partial charge in [0, 0.05) is 31.2 Å². The van der Waals surface area contributed by atoms with E-state index >= 15 is 0 Å². The number of amides is 2. The van der Waals surface area contributed by atoms with Gasteiger partial charge in [-0.1, -0.05) is 18.2 Å². The Kier molecular flexibility index (Phi) is 9.59. The first-order valence-electron chi connectivity index (χ1n) is 13.5. The van der Waals surface area contributed by atoms with Crippen LogP contribution in [0.5, 0.6) is 5.75 Å². The molecule has 0 spiro atoms. The lowest BCUT2D eigenvalue weighted by atomic mass is 10.0. The lowest BCUT2D eigenvalue weighted by Crippen LogP contribution is -2.38. The fourth-order valence-corrected chi connectivity index (χ4v) is 4.30. The van der Waals surface area contributed by atoms with Gasteiger partial charge in [0.2, 0.25) is 11.8 Å². The van der Waals surface area contributed by atoms with Crippen molar-refractivity contribution in [2.75, 3.05) is 25.1 Å². The van der Waals surface area contributed by atoms with Gasteiger partial charge in [-0.3, -0.25) is 14.6 Å². The maximum Gasteiger partial charge on any atom is 0.356 e. The summed E-state index contributed by atoms with van der Waals surface area (Å²) in [5, 5.41) is 2.61. The third-order valence-electron chi connectivity index (χ3n) is 6.68. The second-order valence-electron chi connectivity index (χ2n) is 9.63. The lowest BCUT2D eigenvalue weighted by Gasteiger charge is -2.23. The monoisotopic (exact) mass is 567 g/mol. The molecule has 0 aliphatic carbocycles. The van der Waals surface area contributed by atoms with Gasteiger partial charge in [0.15, 0.2) is 0 Å². The number of rotatable bonds is 10. The first kappa shape index (κ1) is 29.9. The van der Waals surface area contributed by atoms with Gasteiger partial charge < -0.3 is 19.7 Å². The summed E-state index contributed by atoms with van der Waals surface area (Å²) in [6.07, 6.45) is 6.04. The molecule has 4 rings (SSSR count). The second kappa shape index (κ2) is 13.5. The van der Waals surface area contributed by atoms with Gasteiger partial charge in [-0.15, -0.1) is 0 Å². The minimum absolute atomic E-state index is 0.186. The van der Waals surface area contributed by atoms with Crippen LogP contribution in [0.25, 0.3) is 17.1 Å². The largest absolute Gasteiger partial charge is 0.487 e. The van der Waals surface area contributed by atoms with Crippen molar-refractivity contribution in [2.45, 2.75) is 34.3 Å². The first-order chi connectivity index (χ1) is 20.2. The van der Waals surface area contributed by atoms with E-state index in [1.165, 1.54) is 23.2 Å². The molecule has 0 aliphatic heterocycles. The molecule has 2 aromatic carbocycles. The molecule has 0 fully saturated rings. The topological polar surface area (TPSA) is 124 Å². The highest BCUT2D eigenvalue weighted by Gasteiger charge is 2.17. The second-order valence-corrected chi connectivity index (χ2v) is 9.63. The zero-order chi connectivity index (χ0) is 30.2. The van der Waals surface area contributed by atoms with Crippen LogP contribution in [0.2, 0.25) is 0 Å². The highest BCUT2D eigenvalue weighted by atomic mass is 16.5. The number of fused-ring (bicyclic) bond motifs is 1. The summed E-state index contributed by atoms with van der Waals surface area (Å²) >= 11 is 0. The number of benzene rings is 2. The molecule has 1 N–H and O–H groups in total. The molecule has 0 atom stereocenters. The zero-order valence-corrected chi connectivity index (χ0v) is 24.3. The number of hydrogen-bond acceptors (Lipinski definition) is 8. The molecule has 2 heterocycles. The Morgan fingerprint density at radius 1 is 1.00 bits per heavy atom. The Hall–Kier alpha value is -5.12. The smallest absolute Gasteiger partial charge is 0.356 e. The molecule has 2 aromatic heterocycles. The summed E-state index contributed by atoms with van der Waals surface area (Å²) in [6.45, 7) is 7.91. The number of hydrogen-bond donors (Lipinski definition) is 1. The first-order valence-corrected chi connectivity index (χ1v) is 13.5. The van der Waals surface area contributed by atoms with Crippen molar-refractivity contribution >= 4 is 40.6 Å². The molecule has 10 nitrogen and oxygen atoms in total. The van der Waals surface area contributed by atoms with Gasteiger partial charge in [0.25, 0.3) is 0 Å². The van der Waals surface area contributed by atoms with Crippen LogP contribution in [0.15, 0.2) is 60.9 Å². The van der Waals surface area contributed by atoms with Gasteiger partial charge in [0.05, 0.1) is 24.4 Å². The van der Waals surface area contributed by atoms with Crippen LogP contribution in [-0.4, -0.2) is 52.9 Å². The van der Waals surface area contributed by atoms with Crippen molar-refractivity contribution in [2.24, 2.45) is 0 Å². The highest BCUT2D eigenvalue weighted by molar-refractivity contribution is 5.99. The van der Waals surface area contributed by atoms with E-state index in [9.17, 15) is 14.4 Å². The molecular formula is C32H33N5O5. The van der Waals surface area contributed by atoms with Crippen LogP contribution in [-0.2, 0) is 20.9 Å². The number of ether oxygens (including phenoxy) is 2. The number of esters is 1. The Morgan fingerprint density at radius 2 is 1.81 bits per heavy atom. The van der Waals surface area contributed by atoms with Crippen LogP contribution in [0.4, 0.5) is 5.69 Å². The summed E-state index contributed by atoms with van der Waals surface area (Å²) in [7, 11) is 1.67. The van der Waals surface area contributed by atoms with Crippen molar-refractivity contribution < 1.29 is 23.9 Å². The van der Waals surface area contributed by atoms with E-state index in [4.69, 9.17) is 9.47 Å². The van der Waals surface area contributed by atoms with Crippen molar-refractivity contribution in [1.82, 2.24) is 20.3 Å². The van der Waals surface area contributed by atoms with E-state index in [1.807, 2.05) is 51.1 Å². The molecular weight excluding hydrogens is 534 g/mol. The summed E-state index contributed by atoms with van der Waals surface area (Å²) in [5.41, 5.74) is 6.67. The Morgan fingerprint density at radius 3 is 2.55 bits per heavy atom. The number of carbonyl (C=O) groups excluding carboxylic acids is 3. The third-order valence-corrected chi connectivity index (χ3v) is 6.68. The molecule has 2 amide bonds. The number of anilines is 1. The Balaban J connectivity index is 1.37. The summed E-state index contributed by atoms with van der Waals surface area (Å²) in [6, 6.07) is 12.6. The van der Waals surface area contributed by atoms with Crippen LogP contribution in [0.1, 0.15) is 45.4 Å².